The average Bonchev–Trinajstić information content (AvgIpc) is 1.99. The van der Waals surface area contributed by atoms with Crippen LogP contribution in [-0.4, -0.2) is 4.92 Å². The van der Waals surface area contributed by atoms with Gasteiger partial charge in [-0.1, -0.05) is 46.4 Å². The van der Waals surface area contributed by atoms with E-state index in [1.165, 1.54) is 6.07 Å². The maximum atomic E-state index is 10.4. The number of hydrogen-bond acceptors (Lipinski definition) is 2. The Morgan fingerprint density at radius 2 is 1.62 bits per heavy atom. The highest BCUT2D eigenvalue weighted by molar-refractivity contribution is 6.50. The van der Waals surface area contributed by atoms with E-state index in [0.29, 0.717) is 0 Å². The first-order valence-corrected chi connectivity index (χ1v) is 4.43. The van der Waals surface area contributed by atoms with Gasteiger partial charge in [-0.25, -0.2) is 0 Å². The minimum Gasteiger partial charge on any atom is -0.258 e. The molecule has 70 valence electrons. The van der Waals surface area contributed by atoms with Crippen molar-refractivity contribution in [3.05, 3.63) is 36.3 Å². The van der Waals surface area contributed by atoms with E-state index in [0.717, 1.165) is 0 Å². The summed E-state index contributed by atoms with van der Waals surface area (Å²) in [6.07, 6.45) is 0. The number of nitro benzene ring substituents is 1. The lowest BCUT2D eigenvalue weighted by atomic mass is 10.3. The first kappa shape index (κ1) is 10.9. The van der Waals surface area contributed by atoms with Crippen molar-refractivity contribution in [2.75, 3.05) is 0 Å². The zero-order chi connectivity index (χ0) is 10.2. The monoisotopic (exact) mass is 259 g/mol. The molecule has 1 rings (SSSR count). The summed E-state index contributed by atoms with van der Waals surface area (Å²) >= 11 is 22.2. The van der Waals surface area contributed by atoms with Gasteiger partial charge in [-0.2, -0.15) is 0 Å². The van der Waals surface area contributed by atoms with Crippen LogP contribution in [0.1, 0.15) is 0 Å². The molecule has 0 atom stereocenters. The molecular weight excluding hydrogens is 260 g/mol. The van der Waals surface area contributed by atoms with Crippen LogP contribution in [0.5, 0.6) is 0 Å². The van der Waals surface area contributed by atoms with E-state index in [4.69, 9.17) is 46.4 Å². The van der Waals surface area contributed by atoms with Gasteiger partial charge < -0.3 is 0 Å². The smallest absolute Gasteiger partial charge is 0.258 e. The van der Waals surface area contributed by atoms with Gasteiger partial charge >= 0.3 is 5.69 Å². The highest BCUT2D eigenvalue weighted by Crippen LogP contribution is 2.41. The zero-order valence-corrected chi connectivity index (χ0v) is 8.88. The van der Waals surface area contributed by atoms with Gasteiger partial charge in [0, 0.05) is 0 Å². The fourth-order valence-corrected chi connectivity index (χ4v) is 1.77. The first-order chi connectivity index (χ1) is 5.95. The molecule has 0 aromatic heterocycles. The minimum atomic E-state index is -0.715. The molecule has 7 heteroatoms. The fourth-order valence-electron chi connectivity index (χ4n) is 0.724. The maximum absolute atomic E-state index is 10.4. The van der Waals surface area contributed by atoms with E-state index in [1.54, 1.807) is 0 Å². The second-order valence-corrected chi connectivity index (χ2v) is 3.64. The van der Waals surface area contributed by atoms with Crippen LogP contribution >= 0.6 is 46.4 Å². The Bertz CT molecular complexity index is 379. The summed E-state index contributed by atoms with van der Waals surface area (Å²) in [6, 6.07) is 1.18. The van der Waals surface area contributed by atoms with E-state index < -0.39 is 10.6 Å². The maximum Gasteiger partial charge on any atom is 0.307 e. The second-order valence-electron chi connectivity index (χ2n) is 2.07. The minimum absolute atomic E-state index is 0.0700. The number of hydrogen-bond donors (Lipinski definition) is 0. The van der Waals surface area contributed by atoms with Crippen LogP contribution in [-0.2, 0) is 0 Å². The Labute approximate surface area is 93.3 Å². The molecule has 3 nitrogen and oxygen atoms in total. The third-order valence-corrected chi connectivity index (χ3v) is 2.81. The lowest BCUT2D eigenvalue weighted by Gasteiger charge is -2.01. The van der Waals surface area contributed by atoms with Gasteiger partial charge in [0.15, 0.2) is 0 Å². The molecule has 0 heterocycles. The molecular formula is C6HCl4NO2. The van der Waals surface area contributed by atoms with Gasteiger partial charge in [0.2, 0.25) is 0 Å². The highest BCUT2D eigenvalue weighted by atomic mass is 35.5. The summed E-state index contributed by atoms with van der Waals surface area (Å²) in [5.74, 6) is 0. The lowest BCUT2D eigenvalue weighted by molar-refractivity contribution is -0.384. The van der Waals surface area contributed by atoms with Crippen molar-refractivity contribution in [3.8, 4) is 0 Å². The van der Waals surface area contributed by atoms with Crippen molar-refractivity contribution < 1.29 is 4.92 Å². The third kappa shape index (κ3) is 1.99. The molecule has 0 amide bonds. The molecule has 0 aliphatic heterocycles. The zero-order valence-electron chi connectivity index (χ0n) is 5.85. The normalized spacial score (nSPS) is 10.2. The van der Waals surface area contributed by atoms with Crippen molar-refractivity contribution >= 4 is 52.1 Å². The summed E-state index contributed by atoms with van der Waals surface area (Å²) in [5.41, 5.74) is -0.433. The van der Waals surface area contributed by atoms with Gasteiger partial charge in [-0.05, 0) is 6.07 Å². The van der Waals surface area contributed by atoms with E-state index in [2.05, 4.69) is 0 Å². The fraction of sp³-hybridized carbons (Fsp3) is 0. The Morgan fingerprint density at radius 1 is 1.08 bits per heavy atom. The van der Waals surface area contributed by atoms with Gasteiger partial charge in [-0.15, -0.1) is 0 Å². The number of nitrogens with zero attached hydrogens (tertiary/aromatic N) is 1. The van der Waals surface area contributed by atoms with E-state index >= 15 is 0 Å². The molecule has 0 radical (unpaired) electrons. The summed E-state index contributed by atoms with van der Waals surface area (Å²) in [7, 11) is 0. The molecule has 0 saturated carbocycles. The SMILES string of the molecule is O=[N+]([O-])c1c(Cl)cc(Cl)c(Cl)c1Cl. The molecule has 0 N–H and O–H groups in total. The molecule has 0 fully saturated rings. The number of rotatable bonds is 1. The quantitative estimate of drug-likeness (QED) is 0.329. The van der Waals surface area contributed by atoms with Gasteiger partial charge in [0.25, 0.3) is 0 Å². The van der Waals surface area contributed by atoms with Gasteiger partial charge in [0.05, 0.1) is 15.0 Å². The number of benzene rings is 1. The molecule has 0 aliphatic rings. The Balaban J connectivity index is 3.53. The predicted octanol–water partition coefficient (Wildman–Crippen LogP) is 4.21. The van der Waals surface area contributed by atoms with Gasteiger partial charge in [0.1, 0.15) is 10.0 Å². The van der Waals surface area contributed by atoms with Crippen LogP contribution in [0.4, 0.5) is 5.69 Å². The van der Waals surface area contributed by atoms with Crippen molar-refractivity contribution in [2.45, 2.75) is 0 Å². The average molecular weight is 261 g/mol. The molecule has 0 aliphatic carbocycles. The molecule has 1 aromatic carbocycles. The second kappa shape index (κ2) is 3.88. The Morgan fingerprint density at radius 3 is 2.08 bits per heavy atom. The largest absolute Gasteiger partial charge is 0.307 e. The molecule has 0 spiro atoms. The Kier molecular flexibility index (Phi) is 3.24. The van der Waals surface area contributed by atoms with Crippen molar-refractivity contribution in [1.82, 2.24) is 0 Å². The molecule has 1 aromatic rings. The van der Waals surface area contributed by atoms with Crippen LogP contribution in [0.3, 0.4) is 0 Å². The number of nitro groups is 1. The van der Waals surface area contributed by atoms with Crippen molar-refractivity contribution in [3.63, 3.8) is 0 Å². The Hall–Kier alpha value is -0.220. The summed E-state index contributed by atoms with van der Waals surface area (Å²) in [4.78, 5) is 9.73. The molecule has 13 heavy (non-hydrogen) atoms. The predicted molar refractivity (Wildman–Crippen MR) is 53.1 cm³/mol. The van der Waals surface area contributed by atoms with E-state index in [-0.39, 0.29) is 20.1 Å². The molecule has 0 saturated heterocycles. The summed E-state index contributed by atoms with van der Waals surface area (Å²) in [5, 5.41) is 10.1. The molecule has 0 bridgehead atoms. The van der Waals surface area contributed by atoms with E-state index in [1.807, 2.05) is 0 Å². The van der Waals surface area contributed by atoms with Crippen molar-refractivity contribution in [2.24, 2.45) is 0 Å². The number of halogens is 4. The summed E-state index contributed by atoms with van der Waals surface area (Å²) < 4.78 is 0. The van der Waals surface area contributed by atoms with E-state index in [9.17, 15) is 10.1 Å². The van der Waals surface area contributed by atoms with Crippen LogP contribution < -0.4 is 0 Å². The standard InChI is InChI=1S/C6HCl4NO2/c7-2-1-3(8)6(11(12)13)5(10)4(2)9/h1H. The molecule has 0 unspecified atom stereocenters. The topological polar surface area (TPSA) is 43.1 Å². The third-order valence-electron chi connectivity index (χ3n) is 1.27. The van der Waals surface area contributed by atoms with Crippen molar-refractivity contribution in [1.29, 1.82) is 0 Å². The van der Waals surface area contributed by atoms with Crippen LogP contribution in [0.25, 0.3) is 0 Å². The van der Waals surface area contributed by atoms with Crippen LogP contribution in [0, 0.1) is 10.1 Å². The summed E-state index contributed by atoms with van der Waals surface area (Å²) in [6.45, 7) is 0. The van der Waals surface area contributed by atoms with Crippen LogP contribution in [0.15, 0.2) is 6.07 Å². The van der Waals surface area contributed by atoms with Gasteiger partial charge in [-0.3, -0.25) is 10.1 Å². The highest BCUT2D eigenvalue weighted by Gasteiger charge is 2.22. The first-order valence-electron chi connectivity index (χ1n) is 2.92. The lowest BCUT2D eigenvalue weighted by Crippen LogP contribution is -1.91. The van der Waals surface area contributed by atoms with Crippen LogP contribution in [0.2, 0.25) is 20.1 Å².